The van der Waals surface area contributed by atoms with Crippen molar-refractivity contribution >= 4 is 5.78 Å². The van der Waals surface area contributed by atoms with Crippen LogP contribution >= 0.6 is 0 Å². The summed E-state index contributed by atoms with van der Waals surface area (Å²) in [6.45, 7) is 4.31. The fourth-order valence-electron chi connectivity index (χ4n) is 2.85. The second kappa shape index (κ2) is 1.88. The molecule has 2 saturated carbocycles. The fraction of sp³-hybridized carbons (Fsp3) is 0.900. The summed E-state index contributed by atoms with van der Waals surface area (Å²) in [6.07, 6.45) is 5.83. The minimum atomic E-state index is 0.0764. The minimum Gasteiger partial charge on any atom is -0.298 e. The molecule has 11 heavy (non-hydrogen) atoms. The van der Waals surface area contributed by atoms with Crippen molar-refractivity contribution < 1.29 is 4.79 Å². The highest BCUT2D eigenvalue weighted by Gasteiger charge is 2.53. The zero-order chi connectivity index (χ0) is 8.11. The van der Waals surface area contributed by atoms with Crippen LogP contribution in [-0.4, -0.2) is 5.78 Å². The molecule has 0 aliphatic heterocycles. The van der Waals surface area contributed by atoms with Crippen molar-refractivity contribution in [1.29, 1.82) is 0 Å². The summed E-state index contributed by atoms with van der Waals surface area (Å²) < 4.78 is 0. The van der Waals surface area contributed by atoms with Crippen molar-refractivity contribution in [2.24, 2.45) is 10.8 Å². The first-order chi connectivity index (χ1) is 5.07. The molecule has 0 saturated heterocycles. The maximum absolute atomic E-state index is 11.8. The SMILES string of the molecule is C[C@]12CCC[C@@](C)(CC1)C2=O. The highest BCUT2D eigenvalue weighted by Crippen LogP contribution is 2.54. The molecule has 2 bridgehead atoms. The van der Waals surface area contributed by atoms with Gasteiger partial charge in [-0.1, -0.05) is 20.3 Å². The van der Waals surface area contributed by atoms with Crippen molar-refractivity contribution in [2.45, 2.75) is 46.0 Å². The molecule has 62 valence electrons. The van der Waals surface area contributed by atoms with Gasteiger partial charge in [-0.05, 0) is 25.7 Å². The number of ketones is 1. The third-order valence-corrected chi connectivity index (χ3v) is 3.78. The van der Waals surface area contributed by atoms with Crippen LogP contribution in [0.5, 0.6) is 0 Å². The molecule has 0 radical (unpaired) electrons. The standard InChI is InChI=1S/C10H16O/c1-9-4-3-5-10(2,7-6-9)8(9)11/h3-7H2,1-2H3/t9-,10-/m0/s1. The first kappa shape index (κ1) is 7.33. The summed E-state index contributed by atoms with van der Waals surface area (Å²) in [4.78, 5) is 11.8. The van der Waals surface area contributed by atoms with E-state index in [2.05, 4.69) is 13.8 Å². The van der Waals surface area contributed by atoms with E-state index in [0.717, 1.165) is 25.7 Å². The predicted molar refractivity (Wildman–Crippen MR) is 44.3 cm³/mol. The number of Topliss-reactive ketones (excluding diaryl/α,β-unsaturated/α-hetero) is 1. The number of hydrogen-bond acceptors (Lipinski definition) is 1. The molecule has 1 nitrogen and oxygen atoms in total. The van der Waals surface area contributed by atoms with E-state index in [1.807, 2.05) is 0 Å². The molecule has 1 heteroatoms. The Morgan fingerprint density at radius 3 is 1.82 bits per heavy atom. The van der Waals surface area contributed by atoms with Crippen molar-refractivity contribution in [3.05, 3.63) is 0 Å². The average Bonchev–Trinajstić information content (AvgIpc) is 2.17. The molecule has 2 fully saturated rings. The number of rotatable bonds is 0. The largest absolute Gasteiger partial charge is 0.298 e. The monoisotopic (exact) mass is 152 g/mol. The van der Waals surface area contributed by atoms with Crippen LogP contribution in [0, 0.1) is 10.8 Å². The van der Waals surface area contributed by atoms with E-state index in [1.165, 1.54) is 6.42 Å². The molecule has 2 atom stereocenters. The van der Waals surface area contributed by atoms with E-state index in [9.17, 15) is 4.79 Å². The molecule has 2 aliphatic carbocycles. The van der Waals surface area contributed by atoms with Crippen LogP contribution in [0.2, 0.25) is 0 Å². The third kappa shape index (κ3) is 0.800. The highest BCUT2D eigenvalue weighted by molar-refractivity contribution is 5.92. The predicted octanol–water partition coefficient (Wildman–Crippen LogP) is 2.55. The topological polar surface area (TPSA) is 17.1 Å². The van der Waals surface area contributed by atoms with Crippen molar-refractivity contribution in [3.63, 3.8) is 0 Å². The quantitative estimate of drug-likeness (QED) is 0.521. The molecular weight excluding hydrogens is 136 g/mol. The van der Waals surface area contributed by atoms with E-state index >= 15 is 0 Å². The molecular formula is C10H16O. The Kier molecular flexibility index (Phi) is 1.25. The van der Waals surface area contributed by atoms with E-state index < -0.39 is 0 Å². The summed E-state index contributed by atoms with van der Waals surface area (Å²) in [5.41, 5.74) is 0.153. The van der Waals surface area contributed by atoms with Gasteiger partial charge in [0, 0.05) is 10.8 Å². The lowest BCUT2D eigenvalue weighted by atomic mass is 9.70. The summed E-state index contributed by atoms with van der Waals surface area (Å²) >= 11 is 0. The Bertz CT molecular complexity index is 189. The van der Waals surface area contributed by atoms with Crippen LogP contribution in [-0.2, 0) is 4.79 Å². The van der Waals surface area contributed by atoms with E-state index in [1.54, 1.807) is 0 Å². The van der Waals surface area contributed by atoms with Crippen molar-refractivity contribution in [3.8, 4) is 0 Å². The van der Waals surface area contributed by atoms with Gasteiger partial charge in [-0.2, -0.15) is 0 Å². The summed E-state index contributed by atoms with van der Waals surface area (Å²) in [5.74, 6) is 0.552. The first-order valence-corrected chi connectivity index (χ1v) is 4.62. The number of carbonyl (C=O) groups is 1. The average molecular weight is 152 g/mol. The molecule has 0 aromatic rings. The van der Waals surface area contributed by atoms with Crippen LogP contribution in [0.3, 0.4) is 0 Å². The normalized spacial score (nSPS) is 49.8. The fourth-order valence-corrected chi connectivity index (χ4v) is 2.85. The minimum absolute atomic E-state index is 0.0764. The van der Waals surface area contributed by atoms with E-state index in [4.69, 9.17) is 0 Å². The van der Waals surface area contributed by atoms with Gasteiger partial charge in [0.2, 0.25) is 0 Å². The van der Waals surface area contributed by atoms with E-state index in [0.29, 0.717) is 5.78 Å². The Hall–Kier alpha value is -0.330. The van der Waals surface area contributed by atoms with Crippen LogP contribution in [0.1, 0.15) is 46.0 Å². The first-order valence-electron chi connectivity index (χ1n) is 4.62. The maximum Gasteiger partial charge on any atom is 0.144 e. The smallest absolute Gasteiger partial charge is 0.144 e. The molecule has 0 amide bonds. The number of hydrogen-bond donors (Lipinski definition) is 0. The molecule has 0 aromatic heterocycles. The van der Waals surface area contributed by atoms with Gasteiger partial charge in [0.1, 0.15) is 5.78 Å². The van der Waals surface area contributed by atoms with Crippen LogP contribution in [0.4, 0.5) is 0 Å². The molecule has 2 rings (SSSR count). The molecule has 2 aliphatic rings. The molecule has 0 unspecified atom stereocenters. The highest BCUT2D eigenvalue weighted by atomic mass is 16.1. The lowest BCUT2D eigenvalue weighted by Gasteiger charge is -2.33. The second-order valence-corrected chi connectivity index (χ2v) is 4.80. The van der Waals surface area contributed by atoms with Crippen molar-refractivity contribution in [1.82, 2.24) is 0 Å². The number of fused-ring (bicyclic) bond motifs is 2. The Morgan fingerprint density at radius 2 is 1.45 bits per heavy atom. The van der Waals surface area contributed by atoms with E-state index in [-0.39, 0.29) is 10.8 Å². The third-order valence-electron chi connectivity index (χ3n) is 3.78. The van der Waals surface area contributed by atoms with Gasteiger partial charge >= 0.3 is 0 Å². The van der Waals surface area contributed by atoms with Gasteiger partial charge in [0.25, 0.3) is 0 Å². The number of carbonyl (C=O) groups excluding carboxylic acids is 1. The second-order valence-electron chi connectivity index (χ2n) is 4.80. The van der Waals surface area contributed by atoms with Crippen LogP contribution in [0.25, 0.3) is 0 Å². The molecule has 0 heterocycles. The van der Waals surface area contributed by atoms with Gasteiger partial charge in [-0.25, -0.2) is 0 Å². The molecule has 0 aromatic carbocycles. The zero-order valence-corrected chi connectivity index (χ0v) is 7.44. The molecule has 0 spiro atoms. The Labute approximate surface area is 68.2 Å². The van der Waals surface area contributed by atoms with Gasteiger partial charge in [-0.3, -0.25) is 4.79 Å². The summed E-state index contributed by atoms with van der Waals surface area (Å²) in [7, 11) is 0. The lowest BCUT2D eigenvalue weighted by Crippen LogP contribution is -2.35. The van der Waals surface area contributed by atoms with Gasteiger partial charge in [-0.15, -0.1) is 0 Å². The maximum atomic E-state index is 11.8. The lowest BCUT2D eigenvalue weighted by molar-refractivity contribution is -0.135. The Balaban J connectivity index is 2.37. The molecule has 0 N–H and O–H groups in total. The summed E-state index contributed by atoms with van der Waals surface area (Å²) in [5, 5.41) is 0. The van der Waals surface area contributed by atoms with Gasteiger partial charge in [0.15, 0.2) is 0 Å². The van der Waals surface area contributed by atoms with Gasteiger partial charge < -0.3 is 0 Å². The van der Waals surface area contributed by atoms with Crippen LogP contribution < -0.4 is 0 Å². The van der Waals surface area contributed by atoms with Crippen LogP contribution in [0.15, 0.2) is 0 Å². The van der Waals surface area contributed by atoms with Gasteiger partial charge in [0.05, 0.1) is 0 Å². The Morgan fingerprint density at radius 1 is 1.00 bits per heavy atom. The zero-order valence-electron chi connectivity index (χ0n) is 7.44. The van der Waals surface area contributed by atoms with Crippen molar-refractivity contribution in [2.75, 3.05) is 0 Å². The summed E-state index contributed by atoms with van der Waals surface area (Å²) in [6, 6.07) is 0.